The fourth-order valence-electron chi connectivity index (χ4n) is 1.21. The summed E-state index contributed by atoms with van der Waals surface area (Å²) in [6.07, 6.45) is 3.60. The van der Waals surface area contributed by atoms with E-state index in [4.69, 9.17) is 10.5 Å². The van der Waals surface area contributed by atoms with E-state index in [0.29, 0.717) is 17.3 Å². The standard InChI is InChI=1S/C8H10N4O/c1-5-3-12-4-6(9)7(13-2)11-8(12)10-5/h3-4H,9H2,1-2H3. The van der Waals surface area contributed by atoms with Gasteiger partial charge in [0.2, 0.25) is 11.7 Å². The van der Waals surface area contributed by atoms with Crippen molar-refractivity contribution in [2.24, 2.45) is 0 Å². The Bertz CT molecular complexity index is 449. The summed E-state index contributed by atoms with van der Waals surface area (Å²) in [6.45, 7) is 1.90. The molecule has 2 N–H and O–H groups in total. The van der Waals surface area contributed by atoms with Crippen LogP contribution in [0.5, 0.6) is 5.88 Å². The van der Waals surface area contributed by atoms with Gasteiger partial charge in [0.25, 0.3) is 0 Å². The van der Waals surface area contributed by atoms with Crippen LogP contribution < -0.4 is 10.5 Å². The molecule has 0 unspecified atom stereocenters. The van der Waals surface area contributed by atoms with E-state index in [1.54, 1.807) is 10.6 Å². The number of imidazole rings is 1. The molecule has 0 atom stereocenters. The van der Waals surface area contributed by atoms with Crippen LogP contribution in [0.2, 0.25) is 0 Å². The first-order valence-corrected chi connectivity index (χ1v) is 3.86. The summed E-state index contributed by atoms with van der Waals surface area (Å²) in [5.74, 6) is 1.02. The molecule has 13 heavy (non-hydrogen) atoms. The zero-order valence-corrected chi connectivity index (χ0v) is 7.48. The zero-order valence-electron chi connectivity index (χ0n) is 7.48. The third kappa shape index (κ3) is 1.18. The Morgan fingerprint density at radius 1 is 1.38 bits per heavy atom. The quantitative estimate of drug-likeness (QED) is 0.695. The van der Waals surface area contributed by atoms with Gasteiger partial charge in [-0.3, -0.25) is 4.40 Å². The Labute approximate surface area is 75.2 Å². The molecule has 0 aliphatic heterocycles. The van der Waals surface area contributed by atoms with Gasteiger partial charge < -0.3 is 10.5 Å². The molecular weight excluding hydrogens is 168 g/mol. The molecule has 2 aromatic rings. The van der Waals surface area contributed by atoms with E-state index >= 15 is 0 Å². The maximum absolute atomic E-state index is 5.67. The highest BCUT2D eigenvalue weighted by atomic mass is 16.5. The van der Waals surface area contributed by atoms with Crippen LogP contribution in [0.15, 0.2) is 12.4 Å². The molecule has 0 saturated carbocycles. The summed E-state index contributed by atoms with van der Waals surface area (Å²) < 4.78 is 6.74. The van der Waals surface area contributed by atoms with Gasteiger partial charge in [0.1, 0.15) is 5.69 Å². The molecule has 2 aromatic heterocycles. The van der Waals surface area contributed by atoms with Gasteiger partial charge in [0.05, 0.1) is 12.8 Å². The molecular formula is C8H10N4O. The van der Waals surface area contributed by atoms with Crippen LogP contribution in [0.1, 0.15) is 5.69 Å². The van der Waals surface area contributed by atoms with Crippen LogP contribution in [0.4, 0.5) is 5.69 Å². The lowest BCUT2D eigenvalue weighted by atomic mass is 10.5. The van der Waals surface area contributed by atoms with E-state index in [1.807, 2.05) is 13.1 Å². The predicted octanol–water partition coefficient (Wildman–Crippen LogP) is 0.629. The van der Waals surface area contributed by atoms with E-state index in [1.165, 1.54) is 7.11 Å². The Hall–Kier alpha value is -1.78. The molecule has 0 aromatic carbocycles. The summed E-state index contributed by atoms with van der Waals surface area (Å²) >= 11 is 0. The van der Waals surface area contributed by atoms with Gasteiger partial charge in [0.15, 0.2) is 0 Å². The zero-order chi connectivity index (χ0) is 9.42. The maximum atomic E-state index is 5.67. The number of nitrogens with two attached hydrogens (primary N) is 1. The van der Waals surface area contributed by atoms with Crippen molar-refractivity contribution in [1.82, 2.24) is 14.4 Å². The molecule has 0 amide bonds. The Morgan fingerprint density at radius 2 is 2.15 bits per heavy atom. The minimum Gasteiger partial charge on any atom is -0.479 e. The molecule has 5 nitrogen and oxygen atoms in total. The van der Waals surface area contributed by atoms with Gasteiger partial charge >= 0.3 is 0 Å². The number of rotatable bonds is 1. The fourth-order valence-corrected chi connectivity index (χ4v) is 1.21. The van der Waals surface area contributed by atoms with Crippen molar-refractivity contribution in [3.63, 3.8) is 0 Å². The van der Waals surface area contributed by atoms with Gasteiger partial charge in [0, 0.05) is 12.4 Å². The van der Waals surface area contributed by atoms with Crippen molar-refractivity contribution in [2.45, 2.75) is 6.92 Å². The number of hydrogen-bond acceptors (Lipinski definition) is 4. The SMILES string of the molecule is COc1nc2nc(C)cn2cc1N. The highest BCUT2D eigenvalue weighted by Crippen LogP contribution is 2.17. The van der Waals surface area contributed by atoms with Gasteiger partial charge in [-0.15, -0.1) is 0 Å². The van der Waals surface area contributed by atoms with Crippen molar-refractivity contribution in [2.75, 3.05) is 12.8 Å². The normalized spacial score (nSPS) is 10.6. The summed E-state index contributed by atoms with van der Waals surface area (Å²) in [6, 6.07) is 0. The molecule has 5 heteroatoms. The number of anilines is 1. The van der Waals surface area contributed by atoms with Crippen molar-refractivity contribution in [3.8, 4) is 5.88 Å². The second kappa shape index (κ2) is 2.62. The minimum absolute atomic E-state index is 0.415. The minimum atomic E-state index is 0.415. The largest absolute Gasteiger partial charge is 0.479 e. The van der Waals surface area contributed by atoms with Crippen LogP contribution in [0.3, 0.4) is 0 Å². The van der Waals surface area contributed by atoms with Crippen LogP contribution in [-0.4, -0.2) is 21.5 Å². The Balaban J connectivity index is 2.72. The first kappa shape index (κ1) is 7.85. The molecule has 0 radical (unpaired) electrons. The number of fused-ring (bicyclic) bond motifs is 1. The third-order valence-corrected chi connectivity index (χ3v) is 1.75. The monoisotopic (exact) mass is 178 g/mol. The van der Waals surface area contributed by atoms with Crippen LogP contribution >= 0.6 is 0 Å². The van der Waals surface area contributed by atoms with E-state index in [9.17, 15) is 0 Å². The lowest BCUT2D eigenvalue weighted by molar-refractivity contribution is 0.400. The molecule has 0 fully saturated rings. The Morgan fingerprint density at radius 3 is 2.85 bits per heavy atom. The Kier molecular flexibility index (Phi) is 1.58. The van der Waals surface area contributed by atoms with Gasteiger partial charge in [-0.1, -0.05) is 0 Å². The number of aromatic nitrogens is 3. The molecule has 2 heterocycles. The molecule has 2 rings (SSSR count). The van der Waals surface area contributed by atoms with Gasteiger partial charge in [-0.2, -0.15) is 4.98 Å². The van der Waals surface area contributed by atoms with Crippen molar-refractivity contribution in [1.29, 1.82) is 0 Å². The van der Waals surface area contributed by atoms with Crippen molar-refractivity contribution < 1.29 is 4.74 Å². The van der Waals surface area contributed by atoms with Crippen molar-refractivity contribution >= 4 is 11.5 Å². The first-order valence-electron chi connectivity index (χ1n) is 3.86. The summed E-state index contributed by atoms with van der Waals surface area (Å²) in [5, 5.41) is 0. The van der Waals surface area contributed by atoms with Gasteiger partial charge in [-0.25, -0.2) is 4.98 Å². The summed E-state index contributed by atoms with van der Waals surface area (Å²) in [4.78, 5) is 8.30. The van der Waals surface area contributed by atoms with E-state index in [-0.39, 0.29) is 0 Å². The second-order valence-electron chi connectivity index (χ2n) is 2.80. The molecule has 0 saturated heterocycles. The smallest absolute Gasteiger partial charge is 0.241 e. The van der Waals surface area contributed by atoms with Crippen molar-refractivity contribution in [3.05, 3.63) is 18.1 Å². The average molecular weight is 178 g/mol. The number of ether oxygens (including phenoxy) is 1. The number of methoxy groups -OCH3 is 1. The fraction of sp³-hybridized carbons (Fsp3) is 0.250. The summed E-state index contributed by atoms with van der Waals surface area (Å²) in [7, 11) is 1.53. The van der Waals surface area contributed by atoms with Crippen LogP contribution in [-0.2, 0) is 0 Å². The van der Waals surface area contributed by atoms with Crippen LogP contribution in [0.25, 0.3) is 5.78 Å². The molecule has 68 valence electrons. The molecule has 0 bridgehead atoms. The lowest BCUT2D eigenvalue weighted by Gasteiger charge is -2.02. The summed E-state index contributed by atoms with van der Waals surface area (Å²) in [5.41, 5.74) is 7.08. The molecule has 0 spiro atoms. The van der Waals surface area contributed by atoms with E-state index < -0.39 is 0 Å². The highest BCUT2D eigenvalue weighted by molar-refractivity contribution is 5.51. The number of nitrogens with zero attached hydrogens (tertiary/aromatic N) is 3. The number of aryl methyl sites for hydroxylation is 1. The van der Waals surface area contributed by atoms with E-state index in [0.717, 1.165) is 5.69 Å². The number of hydrogen-bond donors (Lipinski definition) is 1. The first-order chi connectivity index (χ1) is 6.20. The van der Waals surface area contributed by atoms with Crippen LogP contribution in [0, 0.1) is 6.92 Å². The maximum Gasteiger partial charge on any atom is 0.241 e. The second-order valence-corrected chi connectivity index (χ2v) is 2.80. The molecule has 0 aliphatic carbocycles. The topological polar surface area (TPSA) is 65.4 Å². The average Bonchev–Trinajstić information content (AvgIpc) is 2.42. The predicted molar refractivity (Wildman–Crippen MR) is 48.7 cm³/mol. The molecule has 0 aliphatic rings. The van der Waals surface area contributed by atoms with E-state index in [2.05, 4.69) is 9.97 Å². The number of nitrogen functional groups attached to an aromatic ring is 1. The van der Waals surface area contributed by atoms with Gasteiger partial charge in [-0.05, 0) is 6.92 Å². The third-order valence-electron chi connectivity index (χ3n) is 1.75. The lowest BCUT2D eigenvalue weighted by Crippen LogP contribution is -1.98. The highest BCUT2D eigenvalue weighted by Gasteiger charge is 2.05.